The normalized spacial score (nSPS) is 19.8. The summed E-state index contributed by atoms with van der Waals surface area (Å²) < 4.78 is 28.1. The number of hydrogen-bond donors (Lipinski definition) is 1. The lowest BCUT2D eigenvalue weighted by Gasteiger charge is -2.11. The molecule has 0 radical (unpaired) electrons. The molecule has 0 unspecified atom stereocenters. The van der Waals surface area contributed by atoms with Crippen LogP contribution in [0.5, 0.6) is 5.75 Å². The molecule has 0 aromatic heterocycles. The third-order valence-corrected chi connectivity index (χ3v) is 5.60. The Balaban J connectivity index is 1.67. The molecule has 1 saturated heterocycles. The zero-order valence-corrected chi connectivity index (χ0v) is 14.2. The highest BCUT2D eigenvalue weighted by Crippen LogP contribution is 2.27. The number of nitrogens with one attached hydrogen (secondary N) is 1. The van der Waals surface area contributed by atoms with Gasteiger partial charge < -0.3 is 10.1 Å². The number of ether oxygens (including phenoxy) is 1. The van der Waals surface area contributed by atoms with Gasteiger partial charge in [-0.25, -0.2) is 8.42 Å². The van der Waals surface area contributed by atoms with Crippen molar-refractivity contribution in [2.45, 2.75) is 25.3 Å². The van der Waals surface area contributed by atoms with Crippen molar-refractivity contribution in [3.63, 3.8) is 0 Å². The van der Waals surface area contributed by atoms with E-state index in [2.05, 4.69) is 5.32 Å². The Morgan fingerprint density at radius 3 is 2.77 bits per heavy atom. The van der Waals surface area contributed by atoms with Crippen LogP contribution in [0.2, 0.25) is 10.0 Å². The molecule has 1 N–H and O–H groups in total. The van der Waals surface area contributed by atoms with Gasteiger partial charge in [-0.2, -0.15) is 0 Å². The number of rotatable bonds is 6. The van der Waals surface area contributed by atoms with Crippen LogP contribution in [0.3, 0.4) is 0 Å². The van der Waals surface area contributed by atoms with Gasteiger partial charge >= 0.3 is 0 Å². The summed E-state index contributed by atoms with van der Waals surface area (Å²) in [5.41, 5.74) is 0. The topological polar surface area (TPSA) is 72.5 Å². The molecule has 0 spiro atoms. The molecule has 22 heavy (non-hydrogen) atoms. The molecule has 2 rings (SSSR count). The van der Waals surface area contributed by atoms with Crippen molar-refractivity contribution >= 4 is 38.9 Å². The fourth-order valence-electron chi connectivity index (χ4n) is 2.22. The van der Waals surface area contributed by atoms with Crippen LogP contribution >= 0.6 is 23.2 Å². The van der Waals surface area contributed by atoms with Crippen LogP contribution in [0, 0.1) is 0 Å². The van der Waals surface area contributed by atoms with Crippen molar-refractivity contribution in [3.05, 3.63) is 28.2 Å². The number of benzene rings is 1. The highest BCUT2D eigenvalue weighted by Gasteiger charge is 2.28. The minimum atomic E-state index is -2.98. The van der Waals surface area contributed by atoms with Crippen LogP contribution in [-0.2, 0) is 14.6 Å². The smallest absolute Gasteiger partial charge is 0.220 e. The molecule has 1 aromatic rings. The minimum Gasteiger partial charge on any atom is -0.492 e. The Hall–Kier alpha value is -0.980. The van der Waals surface area contributed by atoms with Crippen LogP contribution in [0.4, 0.5) is 0 Å². The Morgan fingerprint density at radius 1 is 1.36 bits per heavy atom. The summed E-state index contributed by atoms with van der Waals surface area (Å²) in [5, 5.41) is 3.69. The molecule has 122 valence electrons. The lowest BCUT2D eigenvalue weighted by molar-refractivity contribution is -0.121. The molecule has 1 fully saturated rings. The maximum Gasteiger partial charge on any atom is 0.220 e. The van der Waals surface area contributed by atoms with Gasteiger partial charge in [-0.1, -0.05) is 23.2 Å². The second kappa shape index (κ2) is 7.53. The first kappa shape index (κ1) is 17.4. The summed E-state index contributed by atoms with van der Waals surface area (Å²) in [4.78, 5) is 11.7. The molecule has 1 aliphatic heterocycles. The molecule has 0 saturated carbocycles. The molecule has 5 nitrogen and oxygen atoms in total. The maximum atomic E-state index is 11.7. The van der Waals surface area contributed by atoms with Gasteiger partial charge in [0.1, 0.15) is 5.75 Å². The van der Waals surface area contributed by atoms with E-state index in [1.165, 1.54) is 0 Å². The van der Waals surface area contributed by atoms with E-state index < -0.39 is 9.84 Å². The molecule has 0 aliphatic carbocycles. The van der Waals surface area contributed by atoms with Gasteiger partial charge in [0.15, 0.2) is 9.84 Å². The summed E-state index contributed by atoms with van der Waals surface area (Å²) in [7, 11) is -2.98. The van der Waals surface area contributed by atoms with Crippen molar-refractivity contribution in [1.29, 1.82) is 0 Å². The monoisotopic (exact) mass is 365 g/mol. The molecular weight excluding hydrogens is 349 g/mol. The third-order valence-electron chi connectivity index (χ3n) is 3.30. The van der Waals surface area contributed by atoms with Crippen LogP contribution in [0.25, 0.3) is 0 Å². The van der Waals surface area contributed by atoms with E-state index in [0.29, 0.717) is 35.2 Å². The Kier molecular flexibility index (Phi) is 5.94. The predicted molar refractivity (Wildman–Crippen MR) is 86.4 cm³/mol. The van der Waals surface area contributed by atoms with Crippen molar-refractivity contribution < 1.29 is 17.9 Å². The van der Waals surface area contributed by atoms with E-state index in [9.17, 15) is 13.2 Å². The van der Waals surface area contributed by atoms with Crippen LogP contribution in [0.1, 0.15) is 19.3 Å². The van der Waals surface area contributed by atoms with Crippen molar-refractivity contribution in [2.24, 2.45) is 0 Å². The number of carbonyl (C=O) groups excluding carboxylic acids is 1. The number of halogens is 2. The highest BCUT2D eigenvalue weighted by atomic mass is 35.5. The zero-order valence-electron chi connectivity index (χ0n) is 11.8. The van der Waals surface area contributed by atoms with Gasteiger partial charge in [-0.05, 0) is 31.0 Å². The van der Waals surface area contributed by atoms with Crippen LogP contribution in [-0.4, -0.2) is 38.5 Å². The predicted octanol–water partition coefficient (Wildman–Crippen LogP) is 2.46. The first-order valence-electron chi connectivity index (χ1n) is 6.93. The molecule has 0 bridgehead atoms. The van der Waals surface area contributed by atoms with Gasteiger partial charge in [-0.3, -0.25) is 4.79 Å². The van der Waals surface area contributed by atoms with E-state index in [1.54, 1.807) is 18.2 Å². The molecular formula is C14H17Cl2NO4S. The fourth-order valence-corrected chi connectivity index (χ4v) is 4.35. The van der Waals surface area contributed by atoms with E-state index in [1.807, 2.05) is 0 Å². The zero-order chi connectivity index (χ0) is 16.2. The minimum absolute atomic E-state index is 0.0373. The summed E-state index contributed by atoms with van der Waals surface area (Å²) in [5.74, 6) is 0.549. The summed E-state index contributed by atoms with van der Waals surface area (Å²) >= 11 is 11.8. The molecule has 1 atom stereocenters. The van der Waals surface area contributed by atoms with Gasteiger partial charge in [-0.15, -0.1) is 0 Å². The number of amides is 1. The molecule has 1 amide bonds. The second-order valence-corrected chi connectivity index (χ2v) is 8.27. The summed E-state index contributed by atoms with van der Waals surface area (Å²) in [6.45, 7) is 0.345. The first-order chi connectivity index (χ1) is 10.4. The van der Waals surface area contributed by atoms with E-state index in [-0.39, 0.29) is 29.9 Å². The van der Waals surface area contributed by atoms with E-state index in [0.717, 1.165) is 0 Å². The maximum absolute atomic E-state index is 11.7. The molecule has 1 aromatic carbocycles. The largest absolute Gasteiger partial charge is 0.492 e. The summed E-state index contributed by atoms with van der Waals surface area (Å²) in [6.07, 6.45) is 1.29. The SMILES string of the molecule is O=C(CCCOc1ccc(Cl)cc1Cl)N[C@H]1CCS(=O)(=O)C1. The fraction of sp³-hybridized carbons (Fsp3) is 0.500. The van der Waals surface area contributed by atoms with Crippen molar-refractivity contribution in [2.75, 3.05) is 18.1 Å². The Labute approximate surface area is 139 Å². The lowest BCUT2D eigenvalue weighted by Crippen LogP contribution is -2.35. The van der Waals surface area contributed by atoms with E-state index in [4.69, 9.17) is 27.9 Å². The van der Waals surface area contributed by atoms with Crippen LogP contribution in [0.15, 0.2) is 18.2 Å². The first-order valence-corrected chi connectivity index (χ1v) is 9.51. The highest BCUT2D eigenvalue weighted by molar-refractivity contribution is 7.91. The van der Waals surface area contributed by atoms with Gasteiger partial charge in [0.25, 0.3) is 0 Å². The number of hydrogen-bond acceptors (Lipinski definition) is 4. The summed E-state index contributed by atoms with van der Waals surface area (Å²) in [6, 6.07) is 4.68. The quantitative estimate of drug-likeness (QED) is 0.785. The van der Waals surface area contributed by atoms with Crippen LogP contribution < -0.4 is 10.1 Å². The van der Waals surface area contributed by atoms with Crippen molar-refractivity contribution in [3.8, 4) is 5.75 Å². The number of sulfone groups is 1. The molecule has 1 heterocycles. The third kappa shape index (κ3) is 5.34. The number of carbonyl (C=O) groups is 1. The molecule has 8 heteroatoms. The van der Waals surface area contributed by atoms with Gasteiger partial charge in [0.05, 0.1) is 23.1 Å². The Morgan fingerprint density at radius 2 is 2.14 bits per heavy atom. The standard InChI is InChI=1S/C14H17Cl2NO4S/c15-10-3-4-13(12(16)8-10)21-6-1-2-14(18)17-11-5-7-22(19,20)9-11/h3-4,8,11H,1-2,5-7,9H2,(H,17,18)/t11-/m0/s1. The van der Waals surface area contributed by atoms with Gasteiger partial charge in [0.2, 0.25) is 5.91 Å². The van der Waals surface area contributed by atoms with Crippen molar-refractivity contribution in [1.82, 2.24) is 5.32 Å². The van der Waals surface area contributed by atoms with E-state index >= 15 is 0 Å². The van der Waals surface area contributed by atoms with Gasteiger partial charge in [0, 0.05) is 17.5 Å². The average Bonchev–Trinajstić information content (AvgIpc) is 2.76. The molecule has 1 aliphatic rings. The average molecular weight is 366 g/mol. The Bertz CT molecular complexity index is 648. The second-order valence-electron chi connectivity index (χ2n) is 5.19. The lowest BCUT2D eigenvalue weighted by atomic mass is 10.2.